The van der Waals surface area contributed by atoms with Gasteiger partial charge in [0.05, 0.1) is 33.8 Å². The van der Waals surface area contributed by atoms with Gasteiger partial charge in [0.1, 0.15) is 17.1 Å². The summed E-state index contributed by atoms with van der Waals surface area (Å²) in [6.45, 7) is 19.8. The number of benzene rings is 1. The monoisotopic (exact) mass is 748 g/mol. The van der Waals surface area contributed by atoms with Crippen molar-refractivity contribution in [1.29, 1.82) is 0 Å². The van der Waals surface area contributed by atoms with Gasteiger partial charge in [-0.3, -0.25) is 14.7 Å². The van der Waals surface area contributed by atoms with Crippen LogP contribution in [0.4, 0.5) is 10.1 Å². The third-order valence-electron chi connectivity index (χ3n) is 13.1. The van der Waals surface area contributed by atoms with Crippen molar-refractivity contribution in [2.24, 2.45) is 23.7 Å². The van der Waals surface area contributed by atoms with E-state index in [1.54, 1.807) is 10.6 Å². The SMILES string of the molecule is CCn1cc(C(=O)O)c(=O)c2cc(F)c(N3CCN(Cc4nc(C)c(O)c(C5CC(C)(O)CCC5C(C)C)c4C4CC(C)(O)CCC4C(C)C)CC3)cc21. The van der Waals surface area contributed by atoms with Crippen LogP contribution in [0.3, 0.4) is 0 Å². The molecule has 0 radical (unpaired) electrons. The molecule has 54 heavy (non-hydrogen) atoms. The number of anilines is 1. The molecule has 1 aromatic carbocycles. The van der Waals surface area contributed by atoms with Gasteiger partial charge in [0.2, 0.25) is 5.43 Å². The molecule has 6 atom stereocenters. The van der Waals surface area contributed by atoms with Crippen LogP contribution in [0.5, 0.6) is 5.75 Å². The first-order valence-corrected chi connectivity index (χ1v) is 20.1. The summed E-state index contributed by atoms with van der Waals surface area (Å²) >= 11 is 0. The highest BCUT2D eigenvalue weighted by atomic mass is 19.1. The number of aryl methyl sites for hydroxylation is 2. The molecule has 6 unspecified atom stereocenters. The lowest BCUT2D eigenvalue weighted by Gasteiger charge is -2.47. The highest BCUT2D eigenvalue weighted by Crippen LogP contribution is 2.55. The minimum atomic E-state index is -1.34. The Balaban J connectivity index is 1.38. The van der Waals surface area contributed by atoms with E-state index in [2.05, 4.69) is 32.6 Å². The summed E-state index contributed by atoms with van der Waals surface area (Å²) in [5.41, 5.74) is 1.53. The Morgan fingerprint density at radius 1 is 0.944 bits per heavy atom. The fraction of sp³-hybridized carbons (Fsp3) is 0.651. The van der Waals surface area contributed by atoms with Gasteiger partial charge in [0.15, 0.2) is 0 Å². The van der Waals surface area contributed by atoms with Crippen LogP contribution in [-0.4, -0.2) is 78.2 Å². The molecular weight excluding hydrogens is 687 g/mol. The first kappa shape index (κ1) is 40.1. The predicted octanol–water partition coefficient (Wildman–Crippen LogP) is 7.17. The van der Waals surface area contributed by atoms with Crippen molar-refractivity contribution in [2.45, 2.75) is 130 Å². The van der Waals surface area contributed by atoms with E-state index in [9.17, 15) is 30.0 Å². The first-order chi connectivity index (χ1) is 25.3. The van der Waals surface area contributed by atoms with Crippen molar-refractivity contribution >= 4 is 22.6 Å². The number of aliphatic hydroxyl groups is 2. The second-order valence-corrected chi connectivity index (χ2v) is 17.9. The van der Waals surface area contributed by atoms with Crippen molar-refractivity contribution < 1.29 is 29.6 Å². The Labute approximate surface area is 319 Å². The molecular formula is C43H61FN4O6. The Hall–Kier alpha value is -3.54. The normalized spacial score (nSPS) is 28.4. The van der Waals surface area contributed by atoms with Gasteiger partial charge in [-0.15, -0.1) is 0 Å². The van der Waals surface area contributed by atoms with Gasteiger partial charge in [0.25, 0.3) is 0 Å². The number of nitrogens with zero attached hydrogens (tertiary/aromatic N) is 4. The lowest BCUT2D eigenvalue weighted by molar-refractivity contribution is -0.0156. The van der Waals surface area contributed by atoms with Crippen LogP contribution in [0.25, 0.3) is 10.9 Å². The maximum atomic E-state index is 15.7. The molecule has 3 heterocycles. The topological polar surface area (TPSA) is 139 Å². The van der Waals surface area contributed by atoms with Gasteiger partial charge in [0, 0.05) is 56.4 Å². The average Bonchev–Trinajstić information content (AvgIpc) is 3.09. The zero-order valence-corrected chi connectivity index (χ0v) is 33.5. The van der Waals surface area contributed by atoms with Gasteiger partial charge in [-0.1, -0.05) is 27.7 Å². The van der Waals surface area contributed by atoms with Gasteiger partial charge in [-0.25, -0.2) is 9.18 Å². The molecule has 2 aromatic heterocycles. The van der Waals surface area contributed by atoms with E-state index in [4.69, 9.17) is 4.98 Å². The largest absolute Gasteiger partial charge is 0.506 e. The molecule has 3 fully saturated rings. The Bertz CT molecular complexity index is 1950. The number of hydrogen-bond donors (Lipinski definition) is 4. The zero-order chi connectivity index (χ0) is 39.4. The minimum absolute atomic E-state index is 0.0248. The van der Waals surface area contributed by atoms with Crippen LogP contribution < -0.4 is 10.3 Å². The van der Waals surface area contributed by atoms with Crippen molar-refractivity contribution in [2.75, 3.05) is 31.1 Å². The molecule has 0 bridgehead atoms. The van der Waals surface area contributed by atoms with Crippen LogP contribution >= 0.6 is 0 Å². The maximum Gasteiger partial charge on any atom is 0.341 e. The van der Waals surface area contributed by atoms with E-state index in [1.165, 1.54) is 12.3 Å². The lowest BCUT2D eigenvalue weighted by atomic mass is 9.61. The van der Waals surface area contributed by atoms with Crippen LogP contribution in [0.15, 0.2) is 23.1 Å². The summed E-state index contributed by atoms with van der Waals surface area (Å²) in [4.78, 5) is 34.1. The second kappa shape index (κ2) is 15.2. The number of rotatable bonds is 9. The third-order valence-corrected chi connectivity index (χ3v) is 13.1. The van der Waals surface area contributed by atoms with Crippen LogP contribution in [0.2, 0.25) is 0 Å². The van der Waals surface area contributed by atoms with Gasteiger partial charge in [-0.2, -0.15) is 0 Å². The number of pyridine rings is 2. The standard InChI is InChI=1S/C43H61FN4O6/c1-9-47-22-32(41(51)52)40(50)29-18-33(44)36(19-35(29)47)48-16-14-46(15-17-48)23-34-37(30-20-42(7,53)12-10-27(30)24(2)3)38(39(49)26(6)45-34)31-21-43(8,54)13-11-28(31)25(4)5/h18-19,22,24-25,27-28,30-31,49,53-54H,9-17,20-21,23H2,1-8H3,(H,51,52). The number of carboxylic acid groups (broad SMARTS) is 1. The van der Waals surface area contributed by atoms with Crippen molar-refractivity contribution in [3.05, 3.63) is 62.4 Å². The van der Waals surface area contributed by atoms with Crippen LogP contribution in [-0.2, 0) is 13.1 Å². The summed E-state index contributed by atoms with van der Waals surface area (Å²) < 4.78 is 17.4. The first-order valence-electron chi connectivity index (χ1n) is 20.1. The molecule has 2 aliphatic carbocycles. The van der Waals surface area contributed by atoms with Gasteiger partial charge < -0.3 is 29.9 Å². The summed E-state index contributed by atoms with van der Waals surface area (Å²) in [5.74, 6) is -0.518. The number of aromatic hydroxyl groups is 1. The highest BCUT2D eigenvalue weighted by Gasteiger charge is 2.46. The molecule has 296 valence electrons. The molecule has 1 aliphatic heterocycles. The van der Waals surface area contributed by atoms with Gasteiger partial charge >= 0.3 is 5.97 Å². The lowest BCUT2D eigenvalue weighted by Crippen LogP contribution is -2.47. The summed E-state index contributed by atoms with van der Waals surface area (Å²) in [7, 11) is 0. The van der Waals surface area contributed by atoms with Gasteiger partial charge in [-0.05, 0) is 119 Å². The molecule has 3 aliphatic rings. The smallest absolute Gasteiger partial charge is 0.341 e. The number of aromatic nitrogens is 2. The molecule has 11 heteroatoms. The van der Waals surface area contributed by atoms with Crippen molar-refractivity contribution in [1.82, 2.24) is 14.5 Å². The third kappa shape index (κ3) is 7.78. The fourth-order valence-corrected chi connectivity index (χ4v) is 10.2. The molecule has 1 saturated heterocycles. The number of carboxylic acids is 1. The van der Waals surface area contributed by atoms with Crippen molar-refractivity contribution in [3.63, 3.8) is 0 Å². The Morgan fingerprint density at radius 3 is 2.02 bits per heavy atom. The quantitative estimate of drug-likeness (QED) is 0.179. The second-order valence-electron chi connectivity index (χ2n) is 17.9. The van der Waals surface area contributed by atoms with Crippen LogP contribution in [0.1, 0.15) is 132 Å². The molecule has 3 aromatic rings. The number of piperazine rings is 1. The summed E-state index contributed by atoms with van der Waals surface area (Å²) in [6.07, 6.45) is 5.63. The molecule has 0 spiro atoms. The zero-order valence-electron chi connectivity index (χ0n) is 33.5. The number of aromatic carboxylic acids is 1. The number of fused-ring (bicyclic) bond motifs is 1. The van der Waals surface area contributed by atoms with Crippen LogP contribution in [0, 0.1) is 36.4 Å². The maximum absolute atomic E-state index is 15.7. The minimum Gasteiger partial charge on any atom is -0.506 e. The summed E-state index contributed by atoms with van der Waals surface area (Å²) in [6, 6.07) is 2.84. The number of carbonyl (C=O) groups is 1. The number of hydrogen-bond acceptors (Lipinski definition) is 8. The molecule has 2 saturated carbocycles. The highest BCUT2D eigenvalue weighted by molar-refractivity contribution is 5.93. The average molecular weight is 749 g/mol. The molecule has 4 N–H and O–H groups in total. The van der Waals surface area contributed by atoms with E-state index in [0.29, 0.717) is 87.3 Å². The van der Waals surface area contributed by atoms with E-state index >= 15 is 4.39 Å². The van der Waals surface area contributed by atoms with E-state index in [0.717, 1.165) is 36.1 Å². The van der Waals surface area contributed by atoms with E-state index in [1.807, 2.05) is 32.6 Å². The Morgan fingerprint density at radius 2 is 1.50 bits per heavy atom. The van der Waals surface area contributed by atoms with E-state index < -0.39 is 28.4 Å². The number of halogens is 1. The molecule has 0 amide bonds. The van der Waals surface area contributed by atoms with Crippen molar-refractivity contribution in [3.8, 4) is 5.75 Å². The molecule has 10 nitrogen and oxygen atoms in total. The Kier molecular flexibility index (Phi) is 11.3. The summed E-state index contributed by atoms with van der Waals surface area (Å²) in [5, 5.41) is 44.7. The predicted molar refractivity (Wildman–Crippen MR) is 210 cm³/mol. The molecule has 6 rings (SSSR count). The van der Waals surface area contributed by atoms with E-state index in [-0.39, 0.29) is 40.4 Å². The fourth-order valence-electron chi connectivity index (χ4n) is 10.2.